The van der Waals surface area contributed by atoms with E-state index in [0.29, 0.717) is 75.2 Å². The first-order valence-corrected chi connectivity index (χ1v) is 13.1. The molecule has 1 saturated heterocycles. The minimum atomic E-state index is -0.675. The number of hydrogen-bond acceptors (Lipinski definition) is 6. The molecular weight excluding hydrogens is 485 g/mol. The molecule has 2 aromatic rings. The van der Waals surface area contributed by atoms with E-state index in [1.807, 2.05) is 23.1 Å². The van der Waals surface area contributed by atoms with Crippen LogP contribution in [0.4, 0.5) is 4.39 Å². The van der Waals surface area contributed by atoms with Crippen LogP contribution >= 0.6 is 0 Å². The monoisotopic (exact) mass is 519 g/mol. The molecule has 2 fully saturated rings. The van der Waals surface area contributed by atoms with Gasteiger partial charge >= 0.3 is 0 Å². The molecule has 1 aliphatic heterocycles. The van der Waals surface area contributed by atoms with Crippen LogP contribution in [0, 0.1) is 17.1 Å². The van der Waals surface area contributed by atoms with Crippen molar-refractivity contribution < 1.29 is 18.8 Å². The van der Waals surface area contributed by atoms with Gasteiger partial charge in [-0.2, -0.15) is 5.26 Å². The van der Waals surface area contributed by atoms with Crippen LogP contribution in [0.1, 0.15) is 53.6 Å². The molecule has 0 radical (unpaired) electrons. The van der Waals surface area contributed by atoms with Crippen molar-refractivity contribution in [3.8, 4) is 6.07 Å². The minimum absolute atomic E-state index is 0.0992. The molecule has 1 saturated carbocycles. The first-order valence-electron chi connectivity index (χ1n) is 13.1. The third kappa shape index (κ3) is 7.46. The van der Waals surface area contributed by atoms with Gasteiger partial charge in [0.1, 0.15) is 17.6 Å². The van der Waals surface area contributed by atoms with Crippen molar-refractivity contribution in [3.05, 3.63) is 71.0 Å². The Morgan fingerprint density at radius 3 is 2.37 bits per heavy atom. The fourth-order valence-electron chi connectivity index (χ4n) is 4.95. The Hall–Kier alpha value is -3.61. The lowest BCUT2D eigenvalue weighted by Gasteiger charge is -2.36. The van der Waals surface area contributed by atoms with Crippen LogP contribution in [-0.2, 0) is 9.59 Å². The molecule has 2 N–H and O–H groups in total. The number of piperazine rings is 1. The Morgan fingerprint density at radius 1 is 1.05 bits per heavy atom. The lowest BCUT2D eigenvalue weighted by molar-refractivity contribution is -0.135. The molecule has 2 aromatic carbocycles. The highest BCUT2D eigenvalue weighted by molar-refractivity contribution is 5.97. The summed E-state index contributed by atoms with van der Waals surface area (Å²) in [5, 5.41) is 15.4. The first-order chi connectivity index (χ1) is 18.3. The summed E-state index contributed by atoms with van der Waals surface area (Å²) >= 11 is 0. The molecule has 2 aliphatic rings. The number of nitriles is 1. The van der Waals surface area contributed by atoms with Gasteiger partial charge in [-0.25, -0.2) is 4.39 Å². The molecule has 8 nitrogen and oxygen atoms in total. The van der Waals surface area contributed by atoms with Gasteiger partial charge in [-0.05, 0) is 74.7 Å². The molecule has 4 rings (SSSR count). The molecule has 1 unspecified atom stereocenters. The van der Waals surface area contributed by atoms with E-state index in [1.165, 1.54) is 12.1 Å². The third-order valence-electron chi connectivity index (χ3n) is 7.17. The summed E-state index contributed by atoms with van der Waals surface area (Å²) in [6.45, 7) is 4.90. The number of nitrogens with zero attached hydrogens (tertiary/aromatic N) is 3. The van der Waals surface area contributed by atoms with Crippen LogP contribution < -0.4 is 10.6 Å². The van der Waals surface area contributed by atoms with Gasteiger partial charge < -0.3 is 15.5 Å². The van der Waals surface area contributed by atoms with Crippen LogP contribution in [-0.4, -0.2) is 78.7 Å². The van der Waals surface area contributed by atoms with E-state index in [1.54, 1.807) is 36.1 Å². The van der Waals surface area contributed by atoms with Crippen molar-refractivity contribution in [2.75, 3.05) is 39.3 Å². The van der Waals surface area contributed by atoms with Crippen LogP contribution in [0.25, 0.3) is 0 Å². The molecule has 0 aromatic heterocycles. The maximum absolute atomic E-state index is 13.4. The van der Waals surface area contributed by atoms with E-state index in [0.717, 1.165) is 12.0 Å². The van der Waals surface area contributed by atoms with Gasteiger partial charge in [-0.1, -0.05) is 12.1 Å². The summed E-state index contributed by atoms with van der Waals surface area (Å²) in [7, 11) is 0. The molecule has 1 aliphatic carbocycles. The summed E-state index contributed by atoms with van der Waals surface area (Å²) in [5.41, 5.74) is 1.98. The number of rotatable bonds is 11. The van der Waals surface area contributed by atoms with Crippen molar-refractivity contribution in [2.24, 2.45) is 0 Å². The van der Waals surface area contributed by atoms with E-state index in [-0.39, 0.29) is 23.4 Å². The topological polar surface area (TPSA) is 106 Å². The molecule has 2 amide bonds. The number of ketones is 1. The SMILES string of the molecule is CC(=O)CN1CCN(C(=O)[C@H](CCCNC2C[C@H]2c2ccc(F)cc2)NC(=O)c2ccc(C#N)cc2)CC1. The molecule has 0 bridgehead atoms. The molecule has 38 heavy (non-hydrogen) atoms. The van der Waals surface area contributed by atoms with E-state index < -0.39 is 6.04 Å². The normalized spacial score (nSPS) is 19.9. The first kappa shape index (κ1) is 27.4. The maximum Gasteiger partial charge on any atom is 0.251 e. The zero-order valence-corrected chi connectivity index (χ0v) is 21.7. The number of Topliss-reactive ketones (excluding diaryl/α,β-unsaturated/α-hetero) is 1. The number of hydrogen-bond donors (Lipinski definition) is 2. The fraction of sp³-hybridized carbons (Fsp3) is 0.448. The van der Waals surface area contributed by atoms with Crippen LogP contribution in [0.2, 0.25) is 0 Å². The van der Waals surface area contributed by atoms with Crippen molar-refractivity contribution in [1.29, 1.82) is 5.26 Å². The van der Waals surface area contributed by atoms with Gasteiger partial charge in [0, 0.05) is 43.7 Å². The molecule has 0 spiro atoms. The zero-order chi connectivity index (χ0) is 27.1. The standard InChI is InChI=1S/C29H34FN5O3/c1-20(36)19-34-13-15-35(16-14-34)29(38)26(33-28(37)23-6-4-21(18-31)5-7-23)3-2-12-32-27-17-25(27)22-8-10-24(30)11-9-22/h4-11,25-27,32H,2-3,12-17,19H2,1H3,(H,33,37)/t25-,26-,27?/m0/s1. The molecule has 1 heterocycles. The number of halogens is 1. The molecular formula is C29H34FN5O3. The summed E-state index contributed by atoms with van der Waals surface area (Å²) in [4.78, 5) is 41.6. The van der Waals surface area contributed by atoms with Gasteiger partial charge in [0.05, 0.1) is 18.2 Å². The van der Waals surface area contributed by atoms with Gasteiger partial charge in [0.2, 0.25) is 5.91 Å². The Labute approximate surface area is 222 Å². The Morgan fingerprint density at radius 2 is 1.74 bits per heavy atom. The lowest BCUT2D eigenvalue weighted by atomic mass is 10.1. The number of nitrogens with one attached hydrogen (secondary N) is 2. The van der Waals surface area contributed by atoms with Crippen LogP contribution in [0.5, 0.6) is 0 Å². The van der Waals surface area contributed by atoms with Crippen molar-refractivity contribution in [3.63, 3.8) is 0 Å². The second-order valence-electron chi connectivity index (χ2n) is 10.1. The molecule has 9 heteroatoms. The van der Waals surface area contributed by atoms with Crippen molar-refractivity contribution in [2.45, 2.75) is 44.2 Å². The molecule has 3 atom stereocenters. The second kappa shape index (κ2) is 12.8. The Balaban J connectivity index is 1.32. The largest absolute Gasteiger partial charge is 0.340 e. The third-order valence-corrected chi connectivity index (χ3v) is 7.17. The predicted molar refractivity (Wildman–Crippen MR) is 141 cm³/mol. The summed E-state index contributed by atoms with van der Waals surface area (Å²) in [6, 6.07) is 14.6. The van der Waals surface area contributed by atoms with E-state index in [4.69, 9.17) is 5.26 Å². The van der Waals surface area contributed by atoms with Gasteiger partial charge in [0.15, 0.2) is 0 Å². The number of benzene rings is 2. The summed E-state index contributed by atoms with van der Waals surface area (Å²) < 4.78 is 13.2. The van der Waals surface area contributed by atoms with E-state index in [9.17, 15) is 18.8 Å². The van der Waals surface area contributed by atoms with Crippen LogP contribution in [0.3, 0.4) is 0 Å². The lowest BCUT2D eigenvalue weighted by Crippen LogP contribution is -2.55. The van der Waals surface area contributed by atoms with Crippen molar-refractivity contribution >= 4 is 17.6 Å². The maximum atomic E-state index is 13.4. The van der Waals surface area contributed by atoms with E-state index >= 15 is 0 Å². The number of carbonyl (C=O) groups is 3. The smallest absolute Gasteiger partial charge is 0.251 e. The Kier molecular flexibility index (Phi) is 9.21. The van der Waals surface area contributed by atoms with Gasteiger partial charge in [-0.3, -0.25) is 19.3 Å². The van der Waals surface area contributed by atoms with Gasteiger partial charge in [-0.15, -0.1) is 0 Å². The predicted octanol–water partition coefficient (Wildman–Crippen LogP) is 2.45. The molecule has 200 valence electrons. The highest BCUT2D eigenvalue weighted by atomic mass is 19.1. The number of amides is 2. The number of carbonyl (C=O) groups excluding carboxylic acids is 3. The van der Waals surface area contributed by atoms with Gasteiger partial charge in [0.25, 0.3) is 5.91 Å². The Bertz CT molecular complexity index is 1170. The highest BCUT2D eigenvalue weighted by Crippen LogP contribution is 2.40. The van der Waals surface area contributed by atoms with Crippen molar-refractivity contribution in [1.82, 2.24) is 20.4 Å². The summed E-state index contributed by atoms with van der Waals surface area (Å²) in [5.74, 6) is -0.241. The highest BCUT2D eigenvalue weighted by Gasteiger charge is 2.37. The van der Waals surface area contributed by atoms with E-state index in [2.05, 4.69) is 10.6 Å². The zero-order valence-electron chi connectivity index (χ0n) is 21.7. The fourth-order valence-corrected chi connectivity index (χ4v) is 4.95. The minimum Gasteiger partial charge on any atom is -0.340 e. The summed E-state index contributed by atoms with van der Waals surface area (Å²) in [6.07, 6.45) is 2.17. The van der Waals surface area contributed by atoms with Crippen LogP contribution in [0.15, 0.2) is 48.5 Å². The average Bonchev–Trinajstić information content (AvgIpc) is 3.70. The average molecular weight is 520 g/mol. The second-order valence-corrected chi connectivity index (χ2v) is 10.1. The quantitative estimate of drug-likeness (QED) is 0.442.